The molecule has 0 radical (unpaired) electrons. The summed E-state index contributed by atoms with van der Waals surface area (Å²) in [5.41, 5.74) is 1.96. The van der Waals surface area contributed by atoms with Gasteiger partial charge in [0.1, 0.15) is 5.76 Å². The van der Waals surface area contributed by atoms with Crippen LogP contribution in [0.4, 0.5) is 0 Å². The molecule has 0 saturated heterocycles. The maximum absolute atomic E-state index is 10.1. The first-order chi connectivity index (χ1) is 8.36. The van der Waals surface area contributed by atoms with Crippen molar-refractivity contribution in [1.82, 2.24) is 4.98 Å². The van der Waals surface area contributed by atoms with Gasteiger partial charge in [0, 0.05) is 22.8 Å². The summed E-state index contributed by atoms with van der Waals surface area (Å²) in [6, 6.07) is 1.86. The van der Waals surface area contributed by atoms with Crippen molar-refractivity contribution in [3.05, 3.63) is 39.7 Å². The van der Waals surface area contributed by atoms with Gasteiger partial charge in [-0.1, -0.05) is 20.8 Å². The number of hydrogen-bond donors (Lipinski definition) is 1. The summed E-state index contributed by atoms with van der Waals surface area (Å²) in [7, 11) is 0. The van der Waals surface area contributed by atoms with Gasteiger partial charge in [0.05, 0.1) is 23.1 Å². The Morgan fingerprint density at radius 1 is 1.44 bits per heavy atom. The van der Waals surface area contributed by atoms with Crippen molar-refractivity contribution in [2.45, 2.75) is 45.6 Å². The Morgan fingerprint density at radius 3 is 2.67 bits per heavy atom. The molecule has 4 heteroatoms. The van der Waals surface area contributed by atoms with Gasteiger partial charge in [0.15, 0.2) is 0 Å². The quantitative estimate of drug-likeness (QED) is 0.922. The van der Waals surface area contributed by atoms with E-state index in [9.17, 15) is 5.11 Å². The number of aromatic nitrogens is 1. The highest BCUT2D eigenvalue weighted by Crippen LogP contribution is 2.27. The molecule has 0 aliphatic rings. The molecular formula is C14H19NO2S. The zero-order chi connectivity index (χ0) is 13.3. The van der Waals surface area contributed by atoms with E-state index in [1.165, 1.54) is 0 Å². The fraction of sp³-hybridized carbons (Fsp3) is 0.500. The van der Waals surface area contributed by atoms with E-state index in [0.29, 0.717) is 6.42 Å². The van der Waals surface area contributed by atoms with Crippen molar-refractivity contribution >= 4 is 11.3 Å². The topological polar surface area (TPSA) is 46.3 Å². The summed E-state index contributed by atoms with van der Waals surface area (Å²) in [4.78, 5) is 4.58. The van der Waals surface area contributed by atoms with E-state index >= 15 is 0 Å². The van der Waals surface area contributed by atoms with E-state index in [-0.39, 0.29) is 5.41 Å². The number of aliphatic hydroxyl groups excluding tert-OH is 1. The molecule has 0 fully saturated rings. The second kappa shape index (κ2) is 4.86. The Morgan fingerprint density at radius 2 is 2.17 bits per heavy atom. The predicted octanol–water partition coefficient (Wildman–Crippen LogP) is 3.62. The van der Waals surface area contributed by atoms with Crippen LogP contribution >= 0.6 is 11.3 Å². The van der Waals surface area contributed by atoms with Crippen molar-refractivity contribution in [1.29, 1.82) is 0 Å². The first-order valence-corrected chi connectivity index (χ1v) is 6.92. The summed E-state index contributed by atoms with van der Waals surface area (Å²) < 4.78 is 5.21. The van der Waals surface area contributed by atoms with E-state index in [0.717, 1.165) is 22.0 Å². The second-order valence-electron chi connectivity index (χ2n) is 5.59. The number of furan rings is 1. The number of rotatable bonds is 3. The average molecular weight is 265 g/mol. The lowest BCUT2D eigenvalue weighted by Crippen LogP contribution is -2.11. The van der Waals surface area contributed by atoms with Crippen molar-refractivity contribution in [2.24, 2.45) is 0 Å². The summed E-state index contributed by atoms with van der Waals surface area (Å²) in [5, 5.41) is 13.1. The van der Waals surface area contributed by atoms with Crippen LogP contribution in [0.1, 0.15) is 48.9 Å². The molecule has 3 nitrogen and oxygen atoms in total. The van der Waals surface area contributed by atoms with Gasteiger partial charge >= 0.3 is 0 Å². The molecule has 1 unspecified atom stereocenters. The van der Waals surface area contributed by atoms with Gasteiger partial charge in [-0.3, -0.25) is 0 Å². The molecule has 0 aliphatic carbocycles. The van der Waals surface area contributed by atoms with E-state index in [1.54, 1.807) is 17.6 Å². The Labute approximate surface area is 111 Å². The molecular weight excluding hydrogens is 246 g/mol. The highest BCUT2D eigenvalue weighted by Gasteiger charge is 2.19. The zero-order valence-electron chi connectivity index (χ0n) is 11.2. The van der Waals surface area contributed by atoms with Crippen LogP contribution in [-0.2, 0) is 11.8 Å². The summed E-state index contributed by atoms with van der Waals surface area (Å²) in [6.45, 7) is 8.29. The fourth-order valence-corrected chi connectivity index (χ4v) is 2.73. The lowest BCUT2D eigenvalue weighted by atomic mass is 9.93. The third-order valence-electron chi connectivity index (χ3n) is 2.82. The van der Waals surface area contributed by atoms with E-state index in [4.69, 9.17) is 4.42 Å². The molecule has 0 spiro atoms. The van der Waals surface area contributed by atoms with Crippen LogP contribution in [-0.4, -0.2) is 10.1 Å². The minimum atomic E-state index is -0.540. The maximum Gasteiger partial charge on any atom is 0.101 e. The normalized spacial score (nSPS) is 13.8. The Hall–Kier alpha value is -1.13. The van der Waals surface area contributed by atoms with Gasteiger partial charge in [-0.05, 0) is 13.0 Å². The van der Waals surface area contributed by atoms with E-state index < -0.39 is 6.10 Å². The van der Waals surface area contributed by atoms with Gasteiger partial charge in [-0.25, -0.2) is 4.98 Å². The highest BCUT2D eigenvalue weighted by atomic mass is 32.1. The summed E-state index contributed by atoms with van der Waals surface area (Å²) in [5.74, 6) is 0.818. The molecule has 2 heterocycles. The van der Waals surface area contributed by atoms with E-state index in [2.05, 4.69) is 31.1 Å². The van der Waals surface area contributed by atoms with Crippen LogP contribution in [0.2, 0.25) is 0 Å². The van der Waals surface area contributed by atoms with Crippen molar-refractivity contribution < 1.29 is 9.52 Å². The predicted molar refractivity (Wildman–Crippen MR) is 72.9 cm³/mol. The van der Waals surface area contributed by atoms with Gasteiger partial charge < -0.3 is 9.52 Å². The molecule has 0 amide bonds. The lowest BCUT2D eigenvalue weighted by molar-refractivity contribution is 0.177. The average Bonchev–Trinajstić information content (AvgIpc) is 2.85. The number of aliphatic hydroxyl groups is 1. The van der Waals surface area contributed by atoms with Gasteiger partial charge in [-0.2, -0.15) is 0 Å². The summed E-state index contributed by atoms with van der Waals surface area (Å²) in [6.07, 6.45) is 1.61. The number of thiazole rings is 1. The third kappa shape index (κ3) is 3.00. The number of hydrogen-bond acceptors (Lipinski definition) is 4. The fourth-order valence-electron chi connectivity index (χ4n) is 1.67. The standard InChI is InChI=1S/C14H19NO2S/c1-9-5-10(7-17-9)11(16)6-13-15-12(8-18-13)14(2,3)4/h5,7-8,11,16H,6H2,1-4H3. The van der Waals surface area contributed by atoms with Gasteiger partial charge in [0.25, 0.3) is 0 Å². The van der Waals surface area contributed by atoms with Crippen LogP contribution in [0, 0.1) is 6.92 Å². The molecule has 1 N–H and O–H groups in total. The zero-order valence-corrected chi connectivity index (χ0v) is 12.0. The Bertz CT molecular complexity index is 522. The number of aryl methyl sites for hydroxylation is 1. The Balaban J connectivity index is 2.08. The van der Waals surface area contributed by atoms with Gasteiger partial charge in [-0.15, -0.1) is 11.3 Å². The molecule has 0 aliphatic heterocycles. The molecule has 2 rings (SSSR count). The molecule has 0 bridgehead atoms. The second-order valence-corrected chi connectivity index (χ2v) is 6.53. The van der Waals surface area contributed by atoms with Crippen LogP contribution in [0.15, 0.2) is 22.1 Å². The monoisotopic (exact) mass is 265 g/mol. The van der Waals surface area contributed by atoms with Crippen LogP contribution in [0.3, 0.4) is 0 Å². The van der Waals surface area contributed by atoms with Gasteiger partial charge in [0.2, 0.25) is 0 Å². The SMILES string of the molecule is Cc1cc(C(O)Cc2nc(C(C)(C)C)cs2)co1. The first kappa shape index (κ1) is 13.3. The maximum atomic E-state index is 10.1. The lowest BCUT2D eigenvalue weighted by Gasteiger charge is -2.14. The third-order valence-corrected chi connectivity index (χ3v) is 3.69. The highest BCUT2D eigenvalue weighted by molar-refractivity contribution is 7.09. The molecule has 0 aromatic carbocycles. The number of nitrogens with zero attached hydrogens (tertiary/aromatic N) is 1. The minimum absolute atomic E-state index is 0.0614. The molecule has 2 aromatic rings. The Kier molecular flexibility index (Phi) is 3.59. The summed E-state index contributed by atoms with van der Waals surface area (Å²) >= 11 is 1.60. The van der Waals surface area contributed by atoms with Crippen LogP contribution in [0.5, 0.6) is 0 Å². The van der Waals surface area contributed by atoms with Crippen molar-refractivity contribution in [2.75, 3.05) is 0 Å². The van der Waals surface area contributed by atoms with Crippen LogP contribution < -0.4 is 0 Å². The molecule has 2 aromatic heterocycles. The molecule has 18 heavy (non-hydrogen) atoms. The first-order valence-electron chi connectivity index (χ1n) is 6.04. The van der Waals surface area contributed by atoms with E-state index in [1.807, 2.05) is 13.0 Å². The molecule has 98 valence electrons. The van der Waals surface area contributed by atoms with Crippen LogP contribution in [0.25, 0.3) is 0 Å². The molecule has 1 atom stereocenters. The smallest absolute Gasteiger partial charge is 0.101 e. The molecule has 0 saturated carbocycles. The minimum Gasteiger partial charge on any atom is -0.469 e. The van der Waals surface area contributed by atoms with Crippen molar-refractivity contribution in [3.63, 3.8) is 0 Å². The van der Waals surface area contributed by atoms with Crippen molar-refractivity contribution in [3.8, 4) is 0 Å². The largest absolute Gasteiger partial charge is 0.469 e.